The van der Waals surface area contributed by atoms with Gasteiger partial charge >= 0.3 is 5.63 Å². The van der Waals surface area contributed by atoms with E-state index in [1.54, 1.807) is 12.1 Å². The van der Waals surface area contributed by atoms with Gasteiger partial charge in [0.15, 0.2) is 5.11 Å². The number of anilines is 1. The van der Waals surface area contributed by atoms with Crippen molar-refractivity contribution in [2.75, 3.05) is 18.4 Å². The van der Waals surface area contributed by atoms with Crippen LogP contribution in [0, 0.1) is 18.7 Å². The van der Waals surface area contributed by atoms with Gasteiger partial charge in [0.05, 0.1) is 24.0 Å². The van der Waals surface area contributed by atoms with E-state index in [4.69, 9.17) is 28.2 Å². The maximum atomic E-state index is 13.2. The Balaban J connectivity index is 1.24. The fourth-order valence-corrected chi connectivity index (χ4v) is 4.59. The molecule has 0 spiro atoms. The summed E-state index contributed by atoms with van der Waals surface area (Å²) in [7, 11) is 0. The van der Waals surface area contributed by atoms with E-state index >= 15 is 0 Å². The molecular weight excluding hydrogens is 479 g/mol. The van der Waals surface area contributed by atoms with Gasteiger partial charge in [0.2, 0.25) is 5.91 Å². The third-order valence-corrected chi connectivity index (χ3v) is 6.58. The van der Waals surface area contributed by atoms with Gasteiger partial charge in [-0.2, -0.15) is 0 Å². The third kappa shape index (κ3) is 5.91. The summed E-state index contributed by atoms with van der Waals surface area (Å²) in [5, 5.41) is 4.47. The number of aryl methyl sites for hydroxylation is 1. The van der Waals surface area contributed by atoms with Crippen molar-refractivity contribution >= 4 is 51.5 Å². The molecule has 4 N–H and O–H groups in total. The highest BCUT2D eigenvalue weighted by molar-refractivity contribution is 7.80. The van der Waals surface area contributed by atoms with Crippen molar-refractivity contribution in [3.63, 3.8) is 0 Å². The minimum absolute atomic E-state index is 0.122. The van der Waals surface area contributed by atoms with Crippen molar-refractivity contribution in [1.29, 1.82) is 0 Å². The highest BCUT2D eigenvalue weighted by Gasteiger charge is 2.28. The maximum Gasteiger partial charge on any atom is 0.336 e. The van der Waals surface area contributed by atoms with E-state index in [2.05, 4.69) is 16.2 Å². The van der Waals surface area contributed by atoms with E-state index in [9.17, 15) is 14.0 Å². The molecule has 34 heavy (non-hydrogen) atoms. The summed E-state index contributed by atoms with van der Waals surface area (Å²) in [4.78, 5) is 25.5. The first-order valence-corrected chi connectivity index (χ1v) is 11.8. The molecule has 0 aliphatic carbocycles. The first kappa shape index (κ1) is 24.1. The van der Waals surface area contributed by atoms with Crippen molar-refractivity contribution in [3.05, 3.63) is 74.9 Å². The first-order valence-electron chi connectivity index (χ1n) is 11.0. The molecule has 10 heteroatoms. The van der Waals surface area contributed by atoms with Crippen molar-refractivity contribution in [1.82, 2.24) is 10.9 Å². The Morgan fingerprint density at radius 2 is 1.94 bits per heavy atom. The predicted molar refractivity (Wildman–Crippen MR) is 133 cm³/mol. The molecule has 1 aromatic heterocycles. The highest BCUT2D eigenvalue weighted by atomic mass is 35.5. The standard InChI is InChI=1S/C24H24ClFN4O3S/c1-14-10-22(31)33-21-12-18(4-5-19(14)21)27-24(34)29-28-23(32)15-6-8-30(9-7-15)13-16-2-3-17(26)11-20(16)25/h2-5,10-12,15H,6-9,13H2,1H3,(H,28,32)(H2,27,29,34)/p+1. The summed E-state index contributed by atoms with van der Waals surface area (Å²) in [6.07, 6.45) is 1.45. The number of hydrazine groups is 1. The zero-order chi connectivity index (χ0) is 24.2. The maximum absolute atomic E-state index is 13.2. The second-order valence-corrected chi connectivity index (χ2v) is 9.28. The molecular formula is C24H25ClFN4O3S+. The molecule has 0 unspecified atom stereocenters. The minimum Gasteiger partial charge on any atom is -0.423 e. The van der Waals surface area contributed by atoms with Crippen LogP contribution in [0.1, 0.15) is 24.0 Å². The molecule has 0 atom stereocenters. The van der Waals surface area contributed by atoms with E-state index < -0.39 is 5.63 Å². The number of benzene rings is 2. The van der Waals surface area contributed by atoms with Crippen LogP contribution in [0.2, 0.25) is 5.02 Å². The van der Waals surface area contributed by atoms with Crippen LogP contribution in [-0.4, -0.2) is 24.1 Å². The number of fused-ring (bicyclic) bond motifs is 1. The number of quaternary nitrogens is 1. The number of nitrogens with one attached hydrogen (secondary N) is 4. The molecule has 0 saturated carbocycles. The molecule has 3 aromatic rings. The number of piperidine rings is 1. The van der Waals surface area contributed by atoms with Gasteiger partial charge in [-0.05, 0) is 55.0 Å². The highest BCUT2D eigenvalue weighted by Crippen LogP contribution is 2.21. The number of hydrogen-bond donors (Lipinski definition) is 4. The number of amides is 1. The molecule has 178 valence electrons. The lowest BCUT2D eigenvalue weighted by Gasteiger charge is -2.29. The topological polar surface area (TPSA) is 87.8 Å². The molecule has 2 aromatic carbocycles. The Morgan fingerprint density at radius 3 is 2.68 bits per heavy atom. The smallest absolute Gasteiger partial charge is 0.336 e. The fourth-order valence-electron chi connectivity index (χ4n) is 4.18. The fraction of sp³-hybridized carbons (Fsp3) is 0.292. The van der Waals surface area contributed by atoms with Crippen molar-refractivity contribution in [3.8, 4) is 0 Å². The molecule has 1 saturated heterocycles. The lowest BCUT2D eigenvalue weighted by Crippen LogP contribution is -3.11. The SMILES string of the molecule is Cc1cc(=O)oc2cc(NC(=S)NNC(=O)C3CC[NH+](Cc4ccc(F)cc4Cl)CC3)ccc12. The number of hydrogen-bond acceptors (Lipinski definition) is 4. The largest absolute Gasteiger partial charge is 0.423 e. The van der Waals surface area contributed by atoms with Gasteiger partial charge in [-0.3, -0.25) is 15.6 Å². The zero-order valence-corrected chi connectivity index (χ0v) is 20.1. The van der Waals surface area contributed by atoms with E-state index in [0.29, 0.717) is 22.8 Å². The van der Waals surface area contributed by atoms with Gasteiger partial charge in [0.1, 0.15) is 17.9 Å². The normalized spacial score (nSPS) is 17.9. The Hall–Kier alpha value is -3.01. The van der Waals surface area contributed by atoms with Crippen LogP contribution in [0.25, 0.3) is 11.0 Å². The Labute approximate surface area is 206 Å². The molecule has 0 bridgehead atoms. The number of rotatable bonds is 4. The lowest BCUT2D eigenvalue weighted by atomic mass is 9.96. The van der Waals surface area contributed by atoms with E-state index in [1.165, 1.54) is 23.1 Å². The first-order chi connectivity index (χ1) is 16.3. The van der Waals surface area contributed by atoms with Gasteiger partial charge in [-0.1, -0.05) is 11.6 Å². The summed E-state index contributed by atoms with van der Waals surface area (Å²) in [5.74, 6) is -0.592. The van der Waals surface area contributed by atoms with Crippen molar-refractivity contribution in [2.24, 2.45) is 5.92 Å². The van der Waals surface area contributed by atoms with E-state index in [-0.39, 0.29) is 22.8 Å². The second kappa shape index (κ2) is 10.5. The van der Waals surface area contributed by atoms with Gasteiger partial charge in [0.25, 0.3) is 0 Å². The molecule has 7 nitrogen and oxygen atoms in total. The molecule has 1 amide bonds. The number of carbonyl (C=O) groups excluding carboxylic acids is 1. The van der Waals surface area contributed by atoms with Crippen LogP contribution in [0.5, 0.6) is 0 Å². The Morgan fingerprint density at radius 1 is 1.18 bits per heavy atom. The van der Waals surface area contributed by atoms with Crippen molar-refractivity contribution < 1.29 is 18.5 Å². The van der Waals surface area contributed by atoms with Crippen LogP contribution in [0.4, 0.5) is 10.1 Å². The van der Waals surface area contributed by atoms with Gasteiger partial charge in [-0.25, -0.2) is 9.18 Å². The van der Waals surface area contributed by atoms with Crippen LogP contribution < -0.4 is 26.7 Å². The predicted octanol–water partition coefficient (Wildman–Crippen LogP) is 2.71. The average molecular weight is 504 g/mol. The molecule has 0 radical (unpaired) electrons. The van der Waals surface area contributed by atoms with Crippen LogP contribution in [0.15, 0.2) is 51.7 Å². The number of likely N-dealkylation sites (tertiary alicyclic amines) is 1. The minimum atomic E-state index is -0.413. The average Bonchev–Trinajstić information content (AvgIpc) is 2.79. The Kier molecular flexibility index (Phi) is 7.45. The molecule has 2 heterocycles. The summed E-state index contributed by atoms with van der Waals surface area (Å²) >= 11 is 11.4. The van der Waals surface area contributed by atoms with Crippen LogP contribution >= 0.6 is 23.8 Å². The number of thiocarbonyl (C=S) groups is 1. The van der Waals surface area contributed by atoms with E-state index in [0.717, 1.165) is 42.4 Å². The number of carbonyl (C=O) groups is 1. The summed E-state index contributed by atoms with van der Waals surface area (Å²) in [6.45, 7) is 4.18. The van der Waals surface area contributed by atoms with Gasteiger partial charge in [-0.15, -0.1) is 0 Å². The molecule has 1 aliphatic heterocycles. The van der Waals surface area contributed by atoms with Gasteiger partial charge in [0, 0.05) is 41.6 Å². The van der Waals surface area contributed by atoms with Crippen LogP contribution in [-0.2, 0) is 11.3 Å². The van der Waals surface area contributed by atoms with E-state index in [1.807, 2.05) is 19.1 Å². The monoisotopic (exact) mass is 503 g/mol. The second-order valence-electron chi connectivity index (χ2n) is 8.46. The quantitative estimate of drug-likeness (QED) is 0.249. The van der Waals surface area contributed by atoms with Crippen LogP contribution in [0.3, 0.4) is 0 Å². The summed E-state index contributed by atoms with van der Waals surface area (Å²) in [6, 6.07) is 11.2. The Bertz CT molecular complexity index is 1290. The molecule has 1 aliphatic rings. The summed E-state index contributed by atoms with van der Waals surface area (Å²) < 4.78 is 18.5. The summed E-state index contributed by atoms with van der Waals surface area (Å²) in [5.41, 5.74) is 7.81. The zero-order valence-electron chi connectivity index (χ0n) is 18.5. The number of halogens is 2. The lowest BCUT2D eigenvalue weighted by molar-refractivity contribution is -0.919. The third-order valence-electron chi connectivity index (χ3n) is 6.03. The molecule has 4 rings (SSSR count). The van der Waals surface area contributed by atoms with Gasteiger partial charge < -0.3 is 14.6 Å². The van der Waals surface area contributed by atoms with Crippen molar-refractivity contribution in [2.45, 2.75) is 26.3 Å². The molecule has 1 fully saturated rings.